The van der Waals surface area contributed by atoms with Gasteiger partial charge in [-0.2, -0.15) is 0 Å². The summed E-state index contributed by atoms with van der Waals surface area (Å²) in [5.41, 5.74) is 0. The molecule has 0 bridgehead atoms. The molecular formula is C11H21N. The first kappa shape index (κ1) is 8.55. The maximum Gasteiger partial charge on any atom is 0.0110 e. The van der Waals surface area contributed by atoms with Crippen LogP contribution in [0.5, 0.6) is 0 Å². The van der Waals surface area contributed by atoms with Gasteiger partial charge < -0.3 is 4.90 Å². The molecule has 2 rings (SSSR count). The lowest BCUT2D eigenvalue weighted by molar-refractivity contribution is 0.0959. The maximum atomic E-state index is 2.58. The fraction of sp³-hybridized carbons (Fsp3) is 1.00. The van der Waals surface area contributed by atoms with E-state index in [0.717, 1.165) is 17.8 Å². The Morgan fingerprint density at radius 3 is 2.50 bits per heavy atom. The molecule has 1 aliphatic carbocycles. The first-order chi connectivity index (χ1) is 5.81. The molecule has 0 N–H and O–H groups in total. The zero-order valence-corrected chi connectivity index (χ0v) is 8.42. The van der Waals surface area contributed by atoms with E-state index in [1.54, 1.807) is 0 Å². The smallest absolute Gasteiger partial charge is 0.0110 e. The highest BCUT2D eigenvalue weighted by atomic mass is 15.3. The van der Waals surface area contributed by atoms with E-state index in [0.29, 0.717) is 0 Å². The molecule has 0 aromatic heterocycles. The van der Waals surface area contributed by atoms with Gasteiger partial charge >= 0.3 is 0 Å². The molecule has 2 fully saturated rings. The van der Waals surface area contributed by atoms with Gasteiger partial charge in [0.25, 0.3) is 0 Å². The number of rotatable bonds is 4. The summed E-state index contributed by atoms with van der Waals surface area (Å²) >= 11 is 0. The van der Waals surface area contributed by atoms with Gasteiger partial charge in [0.2, 0.25) is 0 Å². The van der Waals surface area contributed by atoms with E-state index in [2.05, 4.69) is 18.7 Å². The maximum absolute atomic E-state index is 2.58. The van der Waals surface area contributed by atoms with Crippen LogP contribution >= 0.6 is 0 Å². The Morgan fingerprint density at radius 1 is 1.33 bits per heavy atom. The predicted octanol–water partition coefficient (Wildman–Crippen LogP) is 2.37. The highest BCUT2D eigenvalue weighted by molar-refractivity contribution is 4.88. The minimum atomic E-state index is 0.976. The lowest BCUT2D eigenvalue weighted by Gasteiger charge is -2.41. The van der Waals surface area contributed by atoms with Gasteiger partial charge in [0.1, 0.15) is 0 Å². The van der Waals surface area contributed by atoms with Crippen molar-refractivity contribution in [2.75, 3.05) is 19.6 Å². The molecule has 0 radical (unpaired) electrons. The van der Waals surface area contributed by atoms with Crippen molar-refractivity contribution < 1.29 is 0 Å². The van der Waals surface area contributed by atoms with Crippen LogP contribution in [0.15, 0.2) is 0 Å². The summed E-state index contributed by atoms with van der Waals surface area (Å²) in [6.07, 6.45) is 4.39. The molecule has 3 atom stereocenters. The van der Waals surface area contributed by atoms with Gasteiger partial charge in [0.15, 0.2) is 0 Å². The van der Waals surface area contributed by atoms with E-state index < -0.39 is 0 Å². The average Bonchev–Trinajstić information content (AvgIpc) is 2.81. The molecule has 1 nitrogen and oxygen atoms in total. The first-order valence-electron chi connectivity index (χ1n) is 5.53. The predicted molar refractivity (Wildman–Crippen MR) is 52.1 cm³/mol. The van der Waals surface area contributed by atoms with Crippen LogP contribution in [0.4, 0.5) is 0 Å². The Kier molecular flexibility index (Phi) is 2.40. The summed E-state index contributed by atoms with van der Waals surface area (Å²) in [5.74, 6) is 3.10. The van der Waals surface area contributed by atoms with Crippen molar-refractivity contribution in [3.63, 3.8) is 0 Å². The van der Waals surface area contributed by atoms with Gasteiger partial charge in [-0.1, -0.05) is 20.3 Å². The lowest BCUT2D eigenvalue weighted by Crippen LogP contribution is -2.35. The molecule has 0 amide bonds. The first-order valence-corrected chi connectivity index (χ1v) is 5.53. The molecule has 1 saturated carbocycles. The second-order valence-electron chi connectivity index (χ2n) is 4.69. The summed E-state index contributed by atoms with van der Waals surface area (Å²) in [7, 11) is 0. The summed E-state index contributed by atoms with van der Waals surface area (Å²) in [5, 5.41) is 0. The van der Waals surface area contributed by atoms with Gasteiger partial charge in [-0.05, 0) is 30.6 Å². The van der Waals surface area contributed by atoms with Crippen LogP contribution in [0.1, 0.15) is 33.1 Å². The van der Waals surface area contributed by atoms with E-state index in [1.165, 1.54) is 38.9 Å². The van der Waals surface area contributed by atoms with Gasteiger partial charge in [0, 0.05) is 19.6 Å². The third kappa shape index (κ3) is 1.66. The third-order valence-electron chi connectivity index (χ3n) is 3.88. The Balaban J connectivity index is 1.75. The molecule has 0 aromatic rings. The Bertz CT molecular complexity index is 151. The van der Waals surface area contributed by atoms with Crippen LogP contribution in [0.25, 0.3) is 0 Å². The summed E-state index contributed by atoms with van der Waals surface area (Å²) in [4.78, 5) is 2.58. The van der Waals surface area contributed by atoms with E-state index in [9.17, 15) is 0 Å². The minimum absolute atomic E-state index is 0.976. The van der Waals surface area contributed by atoms with Gasteiger partial charge in [-0.3, -0.25) is 0 Å². The quantitative estimate of drug-likeness (QED) is 0.581. The largest absolute Gasteiger partial charge is 0.301 e. The van der Waals surface area contributed by atoms with Crippen molar-refractivity contribution in [3.05, 3.63) is 0 Å². The van der Waals surface area contributed by atoms with Crippen molar-refractivity contribution in [2.24, 2.45) is 17.8 Å². The Hall–Kier alpha value is -0.0400. The second-order valence-corrected chi connectivity index (χ2v) is 4.69. The monoisotopic (exact) mass is 167 g/mol. The highest BCUT2D eigenvalue weighted by Crippen LogP contribution is 2.41. The highest BCUT2D eigenvalue weighted by Gasteiger charge is 2.36. The van der Waals surface area contributed by atoms with Crippen molar-refractivity contribution >= 4 is 0 Å². The van der Waals surface area contributed by atoms with Crippen LogP contribution in [-0.4, -0.2) is 24.5 Å². The van der Waals surface area contributed by atoms with Gasteiger partial charge in [0.05, 0.1) is 0 Å². The van der Waals surface area contributed by atoms with Crippen LogP contribution in [0, 0.1) is 17.8 Å². The van der Waals surface area contributed by atoms with Gasteiger partial charge in [-0.15, -0.1) is 0 Å². The molecule has 0 spiro atoms. The van der Waals surface area contributed by atoms with Crippen LogP contribution in [0.2, 0.25) is 0 Å². The molecule has 3 unspecified atom stereocenters. The molecule has 1 saturated heterocycles. The Morgan fingerprint density at radius 2 is 2.08 bits per heavy atom. The zero-order valence-electron chi connectivity index (χ0n) is 8.42. The van der Waals surface area contributed by atoms with E-state index >= 15 is 0 Å². The zero-order chi connectivity index (χ0) is 8.55. The third-order valence-corrected chi connectivity index (χ3v) is 3.88. The molecule has 0 aromatic carbocycles. The molecule has 70 valence electrons. The van der Waals surface area contributed by atoms with Crippen molar-refractivity contribution in [2.45, 2.75) is 33.1 Å². The normalized spacial score (nSPS) is 37.5. The molecule has 12 heavy (non-hydrogen) atoms. The van der Waals surface area contributed by atoms with Crippen LogP contribution < -0.4 is 0 Å². The Labute approximate surface area is 76.1 Å². The number of nitrogens with zero attached hydrogens (tertiary/aromatic N) is 1. The van der Waals surface area contributed by atoms with Gasteiger partial charge in [-0.25, -0.2) is 0 Å². The fourth-order valence-electron chi connectivity index (χ4n) is 2.46. The van der Waals surface area contributed by atoms with E-state index in [1.807, 2.05) is 0 Å². The average molecular weight is 167 g/mol. The minimum Gasteiger partial charge on any atom is -0.301 e. The van der Waals surface area contributed by atoms with Crippen molar-refractivity contribution in [3.8, 4) is 0 Å². The lowest BCUT2D eigenvalue weighted by atomic mass is 9.67. The second kappa shape index (κ2) is 3.37. The molecule has 1 aliphatic heterocycles. The van der Waals surface area contributed by atoms with E-state index in [-0.39, 0.29) is 0 Å². The molecule has 2 aliphatic rings. The van der Waals surface area contributed by atoms with Crippen LogP contribution in [-0.2, 0) is 0 Å². The number of hydrogen-bond acceptors (Lipinski definition) is 1. The summed E-state index contributed by atoms with van der Waals surface area (Å²) in [6, 6.07) is 0. The number of hydrogen-bond donors (Lipinski definition) is 0. The summed E-state index contributed by atoms with van der Waals surface area (Å²) < 4.78 is 0. The fourth-order valence-corrected chi connectivity index (χ4v) is 2.46. The van der Waals surface area contributed by atoms with Crippen molar-refractivity contribution in [1.29, 1.82) is 0 Å². The molecule has 1 heterocycles. The summed E-state index contributed by atoms with van der Waals surface area (Å²) in [6.45, 7) is 8.93. The van der Waals surface area contributed by atoms with E-state index in [4.69, 9.17) is 0 Å². The SMILES string of the molecule is CCC(C)C1CCC1CN1CC1. The standard InChI is InChI=1S/C11H21N/c1-3-9(2)11-5-4-10(11)8-12-6-7-12/h9-11H,3-8H2,1-2H3. The van der Waals surface area contributed by atoms with Crippen molar-refractivity contribution in [1.82, 2.24) is 4.90 Å². The molecule has 1 heteroatoms. The molecular weight excluding hydrogens is 146 g/mol. The van der Waals surface area contributed by atoms with Crippen LogP contribution in [0.3, 0.4) is 0 Å². The topological polar surface area (TPSA) is 3.01 Å².